The van der Waals surface area contributed by atoms with Gasteiger partial charge in [0.2, 0.25) is 0 Å². The van der Waals surface area contributed by atoms with Gasteiger partial charge in [0.1, 0.15) is 0 Å². The molecule has 0 saturated carbocycles. The smallest absolute Gasteiger partial charge is 0.0695 e. The highest BCUT2D eigenvalue weighted by atomic mass is 35.5. The summed E-state index contributed by atoms with van der Waals surface area (Å²) < 4.78 is 0. The average molecular weight is 222 g/mol. The van der Waals surface area contributed by atoms with Gasteiger partial charge in [-0.1, -0.05) is 23.7 Å². The molecule has 0 saturated heterocycles. The van der Waals surface area contributed by atoms with Crippen LogP contribution >= 0.6 is 11.6 Å². The molecule has 0 spiro atoms. The first-order chi connectivity index (χ1) is 7.31. The maximum absolute atomic E-state index is 5.94. The lowest BCUT2D eigenvalue weighted by molar-refractivity contribution is 0.820. The van der Waals surface area contributed by atoms with Crippen molar-refractivity contribution in [2.45, 2.75) is 6.54 Å². The van der Waals surface area contributed by atoms with Crippen LogP contribution in [0.5, 0.6) is 0 Å². The molecule has 0 atom stereocenters. The average Bonchev–Trinajstić information content (AvgIpc) is 2.66. The van der Waals surface area contributed by atoms with Gasteiger partial charge in [-0.05, 0) is 19.2 Å². The van der Waals surface area contributed by atoms with E-state index in [1.165, 1.54) is 0 Å². The monoisotopic (exact) mass is 221 g/mol. The maximum atomic E-state index is 5.94. The predicted octanol–water partition coefficient (Wildman–Crippen LogP) is 2.45. The SMILES string of the molecule is CNCc1cn[nH]c1-c1cccc(Cl)c1. The van der Waals surface area contributed by atoms with Gasteiger partial charge in [-0.2, -0.15) is 5.10 Å². The van der Waals surface area contributed by atoms with Crippen LogP contribution in [0.4, 0.5) is 0 Å². The van der Waals surface area contributed by atoms with Crippen molar-refractivity contribution in [2.75, 3.05) is 7.05 Å². The fourth-order valence-electron chi connectivity index (χ4n) is 1.53. The largest absolute Gasteiger partial charge is 0.316 e. The lowest BCUT2D eigenvalue weighted by atomic mass is 10.1. The van der Waals surface area contributed by atoms with Crippen molar-refractivity contribution in [1.29, 1.82) is 0 Å². The molecule has 0 aliphatic carbocycles. The third kappa shape index (κ3) is 2.19. The minimum atomic E-state index is 0.734. The van der Waals surface area contributed by atoms with Gasteiger partial charge >= 0.3 is 0 Å². The Kier molecular flexibility index (Phi) is 3.04. The zero-order valence-corrected chi connectivity index (χ0v) is 9.17. The molecule has 0 aliphatic rings. The van der Waals surface area contributed by atoms with Crippen molar-refractivity contribution in [2.24, 2.45) is 0 Å². The van der Waals surface area contributed by atoms with Gasteiger partial charge in [-0.25, -0.2) is 0 Å². The first kappa shape index (κ1) is 10.2. The van der Waals surface area contributed by atoms with Gasteiger partial charge in [-0.3, -0.25) is 5.10 Å². The van der Waals surface area contributed by atoms with E-state index in [2.05, 4.69) is 15.5 Å². The molecular weight excluding hydrogens is 210 g/mol. The number of rotatable bonds is 3. The van der Waals surface area contributed by atoms with E-state index >= 15 is 0 Å². The number of nitrogens with zero attached hydrogens (tertiary/aromatic N) is 1. The molecule has 0 bridgehead atoms. The van der Waals surface area contributed by atoms with E-state index in [0.29, 0.717) is 0 Å². The van der Waals surface area contributed by atoms with Crippen molar-refractivity contribution in [3.05, 3.63) is 41.0 Å². The summed E-state index contributed by atoms with van der Waals surface area (Å²) in [6.07, 6.45) is 1.83. The molecule has 3 nitrogen and oxygen atoms in total. The third-order valence-electron chi connectivity index (χ3n) is 2.20. The van der Waals surface area contributed by atoms with Crippen molar-refractivity contribution < 1.29 is 0 Å². The van der Waals surface area contributed by atoms with Crippen LogP contribution in [-0.2, 0) is 6.54 Å². The van der Waals surface area contributed by atoms with E-state index in [-0.39, 0.29) is 0 Å². The molecule has 0 radical (unpaired) electrons. The fraction of sp³-hybridized carbons (Fsp3) is 0.182. The summed E-state index contributed by atoms with van der Waals surface area (Å²) in [6, 6.07) is 7.73. The first-order valence-corrected chi connectivity index (χ1v) is 5.12. The van der Waals surface area contributed by atoms with E-state index in [9.17, 15) is 0 Å². The molecule has 1 aromatic carbocycles. The van der Waals surface area contributed by atoms with Crippen LogP contribution in [0.3, 0.4) is 0 Å². The number of benzene rings is 1. The van der Waals surface area contributed by atoms with Gasteiger partial charge < -0.3 is 5.32 Å². The van der Waals surface area contributed by atoms with Gasteiger partial charge in [0.15, 0.2) is 0 Å². The first-order valence-electron chi connectivity index (χ1n) is 4.74. The number of H-pyrrole nitrogens is 1. The number of hydrogen-bond donors (Lipinski definition) is 2. The summed E-state index contributed by atoms with van der Waals surface area (Å²) in [7, 11) is 1.91. The van der Waals surface area contributed by atoms with Gasteiger partial charge in [-0.15, -0.1) is 0 Å². The Morgan fingerprint density at radius 2 is 2.33 bits per heavy atom. The number of aromatic nitrogens is 2. The normalized spacial score (nSPS) is 10.5. The molecule has 1 heterocycles. The zero-order valence-electron chi connectivity index (χ0n) is 8.42. The van der Waals surface area contributed by atoms with Crippen molar-refractivity contribution >= 4 is 11.6 Å². The Morgan fingerprint density at radius 3 is 3.07 bits per heavy atom. The quantitative estimate of drug-likeness (QED) is 0.836. The Labute approximate surface area is 93.5 Å². The van der Waals surface area contributed by atoms with Crippen molar-refractivity contribution in [3.63, 3.8) is 0 Å². The second-order valence-corrected chi connectivity index (χ2v) is 3.75. The Hall–Kier alpha value is -1.32. The van der Waals surface area contributed by atoms with Crippen LogP contribution in [0, 0.1) is 0 Å². The van der Waals surface area contributed by atoms with Gasteiger partial charge in [0, 0.05) is 22.7 Å². The summed E-state index contributed by atoms with van der Waals surface area (Å²) in [5.41, 5.74) is 3.22. The summed E-state index contributed by atoms with van der Waals surface area (Å²) in [6.45, 7) is 0.790. The number of nitrogens with one attached hydrogen (secondary N) is 2. The highest BCUT2D eigenvalue weighted by Gasteiger charge is 2.06. The minimum Gasteiger partial charge on any atom is -0.316 e. The summed E-state index contributed by atoms with van der Waals surface area (Å²) in [5, 5.41) is 10.9. The molecule has 15 heavy (non-hydrogen) atoms. The predicted molar refractivity (Wildman–Crippen MR) is 61.8 cm³/mol. The van der Waals surface area contributed by atoms with Crippen LogP contribution in [0.15, 0.2) is 30.5 Å². The molecular formula is C11H12ClN3. The van der Waals surface area contributed by atoms with E-state index in [1.54, 1.807) is 0 Å². The second kappa shape index (κ2) is 4.47. The van der Waals surface area contributed by atoms with Gasteiger partial charge in [0.05, 0.1) is 11.9 Å². The van der Waals surface area contributed by atoms with Crippen molar-refractivity contribution in [3.8, 4) is 11.3 Å². The summed E-state index contributed by atoms with van der Waals surface area (Å²) >= 11 is 5.94. The van der Waals surface area contributed by atoms with Crippen LogP contribution in [0.1, 0.15) is 5.56 Å². The van der Waals surface area contributed by atoms with E-state index in [1.807, 2.05) is 37.5 Å². The topological polar surface area (TPSA) is 40.7 Å². The fourth-order valence-corrected chi connectivity index (χ4v) is 1.72. The van der Waals surface area contributed by atoms with Crippen LogP contribution in [0.2, 0.25) is 5.02 Å². The number of hydrogen-bond acceptors (Lipinski definition) is 2. The van der Waals surface area contributed by atoms with E-state index < -0.39 is 0 Å². The maximum Gasteiger partial charge on any atom is 0.0695 e. The molecule has 0 aliphatic heterocycles. The Balaban J connectivity index is 2.40. The zero-order chi connectivity index (χ0) is 10.7. The van der Waals surface area contributed by atoms with Crippen molar-refractivity contribution in [1.82, 2.24) is 15.5 Å². The molecule has 1 aromatic heterocycles. The van der Waals surface area contributed by atoms with Crippen LogP contribution in [0.25, 0.3) is 11.3 Å². The van der Waals surface area contributed by atoms with Crippen LogP contribution in [-0.4, -0.2) is 17.2 Å². The highest BCUT2D eigenvalue weighted by Crippen LogP contribution is 2.23. The lowest BCUT2D eigenvalue weighted by Gasteiger charge is -2.02. The summed E-state index contributed by atoms with van der Waals surface area (Å²) in [5.74, 6) is 0. The van der Waals surface area contributed by atoms with Gasteiger partial charge in [0.25, 0.3) is 0 Å². The Bertz CT molecular complexity index is 451. The standard InChI is InChI=1S/C11H12ClN3/c1-13-6-9-7-14-15-11(9)8-3-2-4-10(12)5-8/h2-5,7,13H,6H2,1H3,(H,14,15). The lowest BCUT2D eigenvalue weighted by Crippen LogP contribution is -2.05. The number of aromatic amines is 1. The molecule has 0 amide bonds. The minimum absolute atomic E-state index is 0.734. The summed E-state index contributed by atoms with van der Waals surface area (Å²) in [4.78, 5) is 0. The number of halogens is 1. The molecule has 2 N–H and O–H groups in total. The molecule has 2 rings (SSSR count). The third-order valence-corrected chi connectivity index (χ3v) is 2.43. The molecule has 78 valence electrons. The molecule has 2 aromatic rings. The Morgan fingerprint density at radius 1 is 1.47 bits per heavy atom. The molecule has 0 fully saturated rings. The highest BCUT2D eigenvalue weighted by molar-refractivity contribution is 6.30. The van der Waals surface area contributed by atoms with E-state index in [0.717, 1.165) is 28.4 Å². The molecule has 4 heteroatoms. The van der Waals surface area contributed by atoms with Crippen LogP contribution < -0.4 is 5.32 Å². The molecule has 0 unspecified atom stereocenters. The second-order valence-electron chi connectivity index (χ2n) is 3.31. The van der Waals surface area contributed by atoms with E-state index in [4.69, 9.17) is 11.6 Å².